The Labute approximate surface area is 88.7 Å². The molecule has 0 spiro atoms. The van der Waals surface area contributed by atoms with Crippen molar-refractivity contribution < 1.29 is 18.4 Å². The van der Waals surface area contributed by atoms with Crippen LogP contribution in [-0.2, 0) is 10.0 Å². The van der Waals surface area contributed by atoms with E-state index in [9.17, 15) is 8.42 Å². The third-order valence-corrected chi connectivity index (χ3v) is 2.76. The quantitative estimate of drug-likeness (QED) is 0.762. The van der Waals surface area contributed by atoms with Crippen molar-refractivity contribution in [2.75, 3.05) is 0 Å². The third-order valence-electron chi connectivity index (χ3n) is 1.63. The molecule has 2 N–H and O–H groups in total. The summed E-state index contributed by atoms with van der Waals surface area (Å²) in [4.78, 5) is 1.24. The highest BCUT2D eigenvalue weighted by Gasteiger charge is 2.11. The Kier molecular flexibility index (Phi) is 3.67. The van der Waals surface area contributed by atoms with E-state index in [-0.39, 0.29) is 11.0 Å². The fourth-order valence-electron chi connectivity index (χ4n) is 1.02. The minimum Gasteiger partial charge on any atom is -0.491 e. The second-order valence-electron chi connectivity index (χ2n) is 3.23. The van der Waals surface area contributed by atoms with Crippen molar-refractivity contribution in [3.63, 3.8) is 0 Å². The fraction of sp³-hybridized carbons (Fsp3) is 0.333. The van der Waals surface area contributed by atoms with Gasteiger partial charge in [0, 0.05) is 0 Å². The number of hydrogen-bond donors (Lipinski definition) is 2. The highest BCUT2D eigenvalue weighted by atomic mass is 32.2. The molecule has 0 atom stereocenters. The standard InChI is InChI=1S/C9H13NO4S/c1-7(2)14-8-3-5-9(6-4-8)15(12,13)10-11/h3-7,10-11H,1-2H3. The van der Waals surface area contributed by atoms with Crippen LogP contribution in [0.25, 0.3) is 0 Å². The first-order valence-electron chi connectivity index (χ1n) is 4.38. The lowest BCUT2D eigenvalue weighted by atomic mass is 10.3. The normalized spacial score (nSPS) is 11.7. The molecule has 1 rings (SSSR count). The van der Waals surface area contributed by atoms with E-state index in [4.69, 9.17) is 9.94 Å². The Hall–Kier alpha value is -1.11. The molecular weight excluding hydrogens is 218 g/mol. The van der Waals surface area contributed by atoms with Gasteiger partial charge < -0.3 is 9.94 Å². The summed E-state index contributed by atoms with van der Waals surface area (Å²) in [5, 5.41) is 8.39. The SMILES string of the molecule is CC(C)Oc1ccc(S(=O)(=O)NO)cc1. The first-order valence-corrected chi connectivity index (χ1v) is 5.86. The van der Waals surface area contributed by atoms with Crippen LogP contribution in [0.4, 0.5) is 0 Å². The molecule has 0 unspecified atom stereocenters. The summed E-state index contributed by atoms with van der Waals surface area (Å²) < 4.78 is 27.6. The van der Waals surface area contributed by atoms with Crippen LogP contribution in [0, 0.1) is 0 Å². The van der Waals surface area contributed by atoms with E-state index in [0.717, 1.165) is 0 Å². The van der Waals surface area contributed by atoms with E-state index in [2.05, 4.69) is 0 Å². The maximum Gasteiger partial charge on any atom is 0.262 e. The monoisotopic (exact) mass is 231 g/mol. The summed E-state index contributed by atoms with van der Waals surface area (Å²) in [6.45, 7) is 3.75. The highest BCUT2D eigenvalue weighted by molar-refractivity contribution is 7.89. The zero-order chi connectivity index (χ0) is 11.5. The smallest absolute Gasteiger partial charge is 0.262 e. The van der Waals surface area contributed by atoms with Crippen molar-refractivity contribution in [2.24, 2.45) is 0 Å². The van der Waals surface area contributed by atoms with E-state index in [1.807, 2.05) is 13.8 Å². The van der Waals surface area contributed by atoms with Crippen molar-refractivity contribution in [1.29, 1.82) is 0 Å². The zero-order valence-electron chi connectivity index (χ0n) is 8.47. The van der Waals surface area contributed by atoms with Gasteiger partial charge in [-0.2, -0.15) is 0 Å². The molecule has 0 bridgehead atoms. The molecule has 84 valence electrons. The number of ether oxygens (including phenoxy) is 1. The molecule has 0 heterocycles. The van der Waals surface area contributed by atoms with Gasteiger partial charge in [-0.05, 0) is 38.1 Å². The predicted octanol–water partition coefficient (Wildman–Crippen LogP) is 1.14. The van der Waals surface area contributed by atoms with Gasteiger partial charge in [-0.3, -0.25) is 0 Å². The Morgan fingerprint density at radius 2 is 1.80 bits per heavy atom. The van der Waals surface area contributed by atoms with Crippen LogP contribution in [0.3, 0.4) is 0 Å². The molecule has 0 amide bonds. The minimum atomic E-state index is -3.79. The van der Waals surface area contributed by atoms with Crippen molar-refractivity contribution >= 4 is 10.0 Å². The van der Waals surface area contributed by atoms with Crippen LogP contribution in [0.15, 0.2) is 29.2 Å². The van der Waals surface area contributed by atoms with E-state index in [1.165, 1.54) is 29.2 Å². The van der Waals surface area contributed by atoms with Gasteiger partial charge in [0.1, 0.15) is 5.75 Å². The Morgan fingerprint density at radius 1 is 1.27 bits per heavy atom. The van der Waals surface area contributed by atoms with Gasteiger partial charge in [-0.1, -0.05) is 4.89 Å². The summed E-state index contributed by atoms with van der Waals surface area (Å²) in [5.74, 6) is 0.585. The number of sulfonamides is 1. The molecule has 0 aliphatic heterocycles. The first kappa shape index (κ1) is 12.0. The second kappa shape index (κ2) is 4.61. The molecular formula is C9H13NO4S. The van der Waals surface area contributed by atoms with Crippen molar-refractivity contribution in [2.45, 2.75) is 24.8 Å². The van der Waals surface area contributed by atoms with Crippen LogP contribution in [0.2, 0.25) is 0 Å². The molecule has 6 heteroatoms. The van der Waals surface area contributed by atoms with Crippen LogP contribution in [0.1, 0.15) is 13.8 Å². The molecule has 0 fully saturated rings. The average molecular weight is 231 g/mol. The zero-order valence-corrected chi connectivity index (χ0v) is 9.28. The Balaban J connectivity index is 2.91. The molecule has 0 saturated heterocycles. The van der Waals surface area contributed by atoms with Crippen molar-refractivity contribution in [3.8, 4) is 5.75 Å². The van der Waals surface area contributed by atoms with Gasteiger partial charge in [0.2, 0.25) is 0 Å². The van der Waals surface area contributed by atoms with Gasteiger partial charge in [-0.25, -0.2) is 8.42 Å². The Bertz CT molecular complexity index is 410. The van der Waals surface area contributed by atoms with Crippen molar-refractivity contribution in [1.82, 2.24) is 4.89 Å². The molecule has 1 aromatic rings. The lowest BCUT2D eigenvalue weighted by molar-refractivity contribution is 0.241. The number of nitrogens with one attached hydrogen (secondary N) is 1. The maximum absolute atomic E-state index is 11.1. The molecule has 0 saturated carbocycles. The van der Waals surface area contributed by atoms with Crippen LogP contribution in [-0.4, -0.2) is 19.7 Å². The summed E-state index contributed by atoms with van der Waals surface area (Å²) in [6.07, 6.45) is 0.0309. The van der Waals surface area contributed by atoms with E-state index in [0.29, 0.717) is 5.75 Å². The van der Waals surface area contributed by atoms with E-state index < -0.39 is 10.0 Å². The lowest BCUT2D eigenvalue weighted by Crippen LogP contribution is -2.19. The lowest BCUT2D eigenvalue weighted by Gasteiger charge is -2.09. The summed E-state index contributed by atoms with van der Waals surface area (Å²) in [6, 6.07) is 5.78. The highest BCUT2D eigenvalue weighted by Crippen LogP contribution is 2.16. The number of hydrogen-bond acceptors (Lipinski definition) is 4. The summed E-state index contributed by atoms with van der Waals surface area (Å²) in [5.41, 5.74) is 0. The van der Waals surface area contributed by atoms with Crippen LogP contribution >= 0.6 is 0 Å². The van der Waals surface area contributed by atoms with E-state index in [1.54, 1.807) is 0 Å². The molecule has 0 aliphatic carbocycles. The molecule has 0 radical (unpaired) electrons. The topological polar surface area (TPSA) is 75.6 Å². The van der Waals surface area contributed by atoms with Crippen molar-refractivity contribution in [3.05, 3.63) is 24.3 Å². The number of benzene rings is 1. The largest absolute Gasteiger partial charge is 0.491 e. The molecule has 0 aliphatic rings. The van der Waals surface area contributed by atoms with Crippen LogP contribution in [0.5, 0.6) is 5.75 Å². The van der Waals surface area contributed by atoms with E-state index >= 15 is 0 Å². The Morgan fingerprint density at radius 3 is 2.20 bits per heavy atom. The minimum absolute atomic E-state index is 0.0129. The van der Waals surface area contributed by atoms with Gasteiger partial charge in [0.15, 0.2) is 0 Å². The van der Waals surface area contributed by atoms with Gasteiger partial charge in [0.25, 0.3) is 10.0 Å². The predicted molar refractivity (Wildman–Crippen MR) is 54.3 cm³/mol. The number of rotatable bonds is 4. The third kappa shape index (κ3) is 3.19. The molecule has 5 nitrogen and oxygen atoms in total. The fourth-order valence-corrected chi connectivity index (χ4v) is 1.62. The maximum atomic E-state index is 11.1. The summed E-state index contributed by atoms with van der Waals surface area (Å²) >= 11 is 0. The van der Waals surface area contributed by atoms with Gasteiger partial charge in [0.05, 0.1) is 11.0 Å². The second-order valence-corrected chi connectivity index (χ2v) is 4.89. The first-order chi connectivity index (χ1) is 6.95. The molecule has 1 aromatic carbocycles. The molecule has 0 aromatic heterocycles. The summed E-state index contributed by atoms with van der Waals surface area (Å²) in [7, 11) is -3.79. The average Bonchev–Trinajstić information content (AvgIpc) is 2.18. The van der Waals surface area contributed by atoms with Gasteiger partial charge in [-0.15, -0.1) is 0 Å². The van der Waals surface area contributed by atoms with Crippen LogP contribution < -0.4 is 9.62 Å². The van der Waals surface area contributed by atoms with Gasteiger partial charge >= 0.3 is 0 Å². The molecule has 15 heavy (non-hydrogen) atoms.